The summed E-state index contributed by atoms with van der Waals surface area (Å²) in [4.78, 5) is 2.29. The minimum atomic E-state index is -3.62. The first-order valence-electron chi connectivity index (χ1n) is 6.19. The lowest BCUT2D eigenvalue weighted by atomic mass is 10.2. The van der Waals surface area contributed by atoms with Crippen molar-refractivity contribution in [3.05, 3.63) is 39.0 Å². The van der Waals surface area contributed by atoms with Crippen LogP contribution in [0.4, 0.5) is 0 Å². The number of nitrogens with one attached hydrogen (secondary N) is 1. The fourth-order valence-electron chi connectivity index (χ4n) is 2.12. The van der Waals surface area contributed by atoms with Crippen molar-refractivity contribution < 1.29 is 12.8 Å². The summed E-state index contributed by atoms with van der Waals surface area (Å²) in [5.41, 5.74) is 6.16. The molecule has 2 aromatic heterocycles. The van der Waals surface area contributed by atoms with Crippen LogP contribution in [0.5, 0.6) is 0 Å². The van der Waals surface area contributed by atoms with Crippen molar-refractivity contribution in [2.24, 2.45) is 5.73 Å². The van der Waals surface area contributed by atoms with Crippen LogP contribution in [0.25, 0.3) is 0 Å². The van der Waals surface area contributed by atoms with Gasteiger partial charge in [-0.15, -0.1) is 11.3 Å². The third-order valence-corrected chi connectivity index (χ3v) is 5.63. The summed E-state index contributed by atoms with van der Waals surface area (Å²) in [6.07, 6.45) is 0. The SMILES string of the molecule is Cc1ccc(CNS(=O)(=O)c2c(C)oc(C)c2CN)s1. The van der Waals surface area contributed by atoms with E-state index in [-0.39, 0.29) is 18.0 Å². The molecule has 3 N–H and O–H groups in total. The Labute approximate surface area is 122 Å². The molecule has 0 aliphatic carbocycles. The van der Waals surface area contributed by atoms with E-state index in [2.05, 4.69) is 4.72 Å². The topological polar surface area (TPSA) is 85.3 Å². The molecule has 0 saturated carbocycles. The van der Waals surface area contributed by atoms with Gasteiger partial charge >= 0.3 is 0 Å². The van der Waals surface area contributed by atoms with Crippen LogP contribution in [-0.2, 0) is 23.1 Å². The number of rotatable bonds is 5. The number of aryl methyl sites for hydroxylation is 3. The smallest absolute Gasteiger partial charge is 0.244 e. The van der Waals surface area contributed by atoms with Gasteiger partial charge in [-0.3, -0.25) is 0 Å². The normalized spacial score (nSPS) is 12.0. The highest BCUT2D eigenvalue weighted by atomic mass is 32.2. The van der Waals surface area contributed by atoms with Gasteiger partial charge < -0.3 is 10.2 Å². The average molecular weight is 314 g/mol. The Hall–Kier alpha value is -1.15. The Balaban J connectivity index is 2.27. The van der Waals surface area contributed by atoms with E-state index in [4.69, 9.17) is 10.2 Å². The van der Waals surface area contributed by atoms with Gasteiger partial charge in [0.05, 0.1) is 0 Å². The molecule has 2 heterocycles. The minimum absolute atomic E-state index is 0.136. The predicted octanol–water partition coefficient (Wildman–Crippen LogP) is 2.20. The maximum Gasteiger partial charge on any atom is 0.244 e. The highest BCUT2D eigenvalue weighted by Crippen LogP contribution is 2.26. The fourth-order valence-corrected chi connectivity index (χ4v) is 4.50. The Morgan fingerprint density at radius 1 is 1.25 bits per heavy atom. The number of nitrogens with two attached hydrogens (primary N) is 1. The van der Waals surface area contributed by atoms with E-state index < -0.39 is 10.0 Å². The van der Waals surface area contributed by atoms with E-state index in [1.165, 1.54) is 0 Å². The lowest BCUT2D eigenvalue weighted by Crippen LogP contribution is -2.24. The van der Waals surface area contributed by atoms with Gasteiger partial charge in [0.15, 0.2) is 0 Å². The van der Waals surface area contributed by atoms with Crippen LogP contribution in [0.1, 0.15) is 26.8 Å². The largest absolute Gasteiger partial charge is 0.465 e. The Bertz CT molecular complexity index is 714. The molecule has 0 fully saturated rings. The quantitative estimate of drug-likeness (QED) is 0.886. The molecule has 2 aromatic rings. The van der Waals surface area contributed by atoms with Gasteiger partial charge in [-0.1, -0.05) is 0 Å². The summed E-state index contributed by atoms with van der Waals surface area (Å²) in [6.45, 7) is 5.75. The molecular weight excluding hydrogens is 296 g/mol. The van der Waals surface area contributed by atoms with Gasteiger partial charge in [-0.05, 0) is 32.9 Å². The van der Waals surface area contributed by atoms with Crippen molar-refractivity contribution in [1.29, 1.82) is 0 Å². The summed E-state index contributed by atoms with van der Waals surface area (Å²) in [5.74, 6) is 0.926. The second-order valence-electron chi connectivity index (χ2n) is 4.56. The van der Waals surface area contributed by atoms with E-state index in [9.17, 15) is 8.42 Å². The number of hydrogen-bond acceptors (Lipinski definition) is 5. The number of hydrogen-bond donors (Lipinski definition) is 2. The van der Waals surface area contributed by atoms with Gasteiger partial charge in [0.1, 0.15) is 16.4 Å². The molecule has 0 spiro atoms. The van der Waals surface area contributed by atoms with Crippen LogP contribution in [0.15, 0.2) is 21.4 Å². The molecule has 0 amide bonds. The summed E-state index contributed by atoms with van der Waals surface area (Å²) in [6, 6.07) is 3.88. The van der Waals surface area contributed by atoms with E-state index in [0.29, 0.717) is 17.1 Å². The zero-order chi connectivity index (χ0) is 14.9. The fraction of sp³-hybridized carbons (Fsp3) is 0.385. The first kappa shape index (κ1) is 15.2. The molecule has 5 nitrogen and oxygen atoms in total. The van der Waals surface area contributed by atoms with E-state index in [0.717, 1.165) is 9.75 Å². The molecule has 0 unspecified atom stereocenters. The van der Waals surface area contributed by atoms with Crippen molar-refractivity contribution in [2.45, 2.75) is 38.8 Å². The molecule has 0 radical (unpaired) electrons. The van der Waals surface area contributed by atoms with Gasteiger partial charge in [0.25, 0.3) is 0 Å². The molecule has 7 heteroatoms. The third kappa shape index (κ3) is 2.95. The van der Waals surface area contributed by atoms with Gasteiger partial charge in [0, 0.05) is 28.4 Å². The van der Waals surface area contributed by atoms with Crippen LogP contribution >= 0.6 is 11.3 Å². The van der Waals surface area contributed by atoms with Crippen LogP contribution in [0.2, 0.25) is 0 Å². The van der Waals surface area contributed by atoms with Crippen molar-refractivity contribution in [2.75, 3.05) is 0 Å². The lowest BCUT2D eigenvalue weighted by molar-refractivity contribution is 0.494. The molecule has 20 heavy (non-hydrogen) atoms. The third-order valence-electron chi connectivity index (χ3n) is 3.03. The molecule has 0 bridgehead atoms. The Kier molecular flexibility index (Phi) is 4.33. The van der Waals surface area contributed by atoms with Crippen molar-refractivity contribution >= 4 is 21.4 Å². The molecular formula is C13H18N2O3S2. The Morgan fingerprint density at radius 3 is 2.50 bits per heavy atom. The second kappa shape index (κ2) is 5.69. The van der Waals surface area contributed by atoms with Crippen LogP contribution in [0.3, 0.4) is 0 Å². The van der Waals surface area contributed by atoms with Crippen LogP contribution in [-0.4, -0.2) is 8.42 Å². The van der Waals surface area contributed by atoms with E-state index in [1.54, 1.807) is 25.2 Å². The highest BCUT2D eigenvalue weighted by molar-refractivity contribution is 7.89. The zero-order valence-corrected chi connectivity index (χ0v) is 13.3. The molecule has 0 aliphatic heterocycles. The first-order valence-corrected chi connectivity index (χ1v) is 8.49. The van der Waals surface area contributed by atoms with Gasteiger partial charge in [-0.25, -0.2) is 13.1 Å². The zero-order valence-electron chi connectivity index (χ0n) is 11.7. The van der Waals surface area contributed by atoms with Crippen molar-refractivity contribution in [3.63, 3.8) is 0 Å². The molecule has 110 valence electrons. The number of furan rings is 1. The van der Waals surface area contributed by atoms with Crippen LogP contribution in [0, 0.1) is 20.8 Å². The lowest BCUT2D eigenvalue weighted by Gasteiger charge is -2.06. The van der Waals surface area contributed by atoms with Gasteiger partial charge in [-0.2, -0.15) is 0 Å². The van der Waals surface area contributed by atoms with Crippen molar-refractivity contribution in [3.8, 4) is 0 Å². The van der Waals surface area contributed by atoms with Crippen molar-refractivity contribution in [1.82, 2.24) is 4.72 Å². The molecule has 0 saturated heterocycles. The Morgan fingerprint density at radius 2 is 1.95 bits per heavy atom. The minimum Gasteiger partial charge on any atom is -0.465 e. The number of sulfonamides is 1. The molecule has 0 aliphatic rings. The van der Waals surface area contributed by atoms with Gasteiger partial charge in [0.2, 0.25) is 10.0 Å². The van der Waals surface area contributed by atoms with E-state index in [1.807, 2.05) is 19.1 Å². The van der Waals surface area contributed by atoms with E-state index >= 15 is 0 Å². The molecule has 2 rings (SSSR count). The molecule has 0 atom stereocenters. The maximum absolute atomic E-state index is 12.4. The number of thiophene rings is 1. The first-order chi connectivity index (χ1) is 9.35. The molecule has 0 aromatic carbocycles. The maximum atomic E-state index is 12.4. The summed E-state index contributed by atoms with van der Waals surface area (Å²) >= 11 is 1.57. The second-order valence-corrected chi connectivity index (χ2v) is 7.64. The average Bonchev–Trinajstić information content (AvgIpc) is 2.90. The summed E-state index contributed by atoms with van der Waals surface area (Å²) in [7, 11) is -3.62. The standard InChI is InChI=1S/C13H18N2O3S2/c1-8-4-5-11(19-8)7-15-20(16,17)13-10(3)18-9(2)12(13)6-14/h4-5,15H,6-7,14H2,1-3H3. The summed E-state index contributed by atoms with van der Waals surface area (Å²) in [5, 5.41) is 0. The predicted molar refractivity (Wildman–Crippen MR) is 79.2 cm³/mol. The monoisotopic (exact) mass is 314 g/mol. The highest BCUT2D eigenvalue weighted by Gasteiger charge is 2.25. The van der Waals surface area contributed by atoms with Crippen LogP contribution < -0.4 is 10.5 Å². The summed E-state index contributed by atoms with van der Waals surface area (Å²) < 4.78 is 32.8.